The van der Waals surface area contributed by atoms with Crippen LogP contribution in [0.1, 0.15) is 38.7 Å². The molecule has 0 bridgehead atoms. The highest BCUT2D eigenvalue weighted by molar-refractivity contribution is 5.92. The van der Waals surface area contributed by atoms with Gasteiger partial charge in [-0.3, -0.25) is 9.59 Å². The molecule has 2 rings (SSSR count). The number of benzene rings is 1. The molecule has 0 saturated carbocycles. The molecule has 1 aliphatic heterocycles. The summed E-state index contributed by atoms with van der Waals surface area (Å²) in [5.74, 6) is -0.565. The van der Waals surface area contributed by atoms with E-state index < -0.39 is 11.5 Å². The largest absolute Gasteiger partial charge is 0.380 e. The van der Waals surface area contributed by atoms with Gasteiger partial charge in [0.25, 0.3) is 5.91 Å². The lowest BCUT2D eigenvalue weighted by Gasteiger charge is -2.28. The number of aliphatic hydroxyl groups is 1. The van der Waals surface area contributed by atoms with E-state index in [1.165, 1.54) is 13.0 Å². The van der Waals surface area contributed by atoms with Crippen LogP contribution < -0.4 is 5.32 Å². The van der Waals surface area contributed by atoms with E-state index in [4.69, 9.17) is 0 Å². The third-order valence-electron chi connectivity index (χ3n) is 4.23. The first-order valence-electron chi connectivity index (χ1n) is 8.01. The van der Waals surface area contributed by atoms with Crippen molar-refractivity contribution in [3.63, 3.8) is 0 Å². The van der Waals surface area contributed by atoms with Crippen LogP contribution >= 0.6 is 0 Å². The maximum absolute atomic E-state index is 12.4. The van der Waals surface area contributed by atoms with Gasteiger partial charge in [-0.2, -0.15) is 0 Å². The van der Waals surface area contributed by atoms with E-state index in [2.05, 4.69) is 5.32 Å². The van der Waals surface area contributed by atoms with Crippen LogP contribution in [-0.4, -0.2) is 40.1 Å². The van der Waals surface area contributed by atoms with Crippen LogP contribution in [0.15, 0.2) is 36.4 Å². The lowest BCUT2D eigenvalue weighted by molar-refractivity contribution is -0.141. The lowest BCUT2D eigenvalue weighted by atomic mass is 10.0. The van der Waals surface area contributed by atoms with Gasteiger partial charge in [0.05, 0.1) is 0 Å². The van der Waals surface area contributed by atoms with Crippen molar-refractivity contribution in [1.82, 2.24) is 10.2 Å². The molecular weight excluding hydrogens is 292 g/mol. The fourth-order valence-electron chi connectivity index (χ4n) is 2.48. The van der Waals surface area contributed by atoms with Gasteiger partial charge in [-0.15, -0.1) is 0 Å². The molecule has 5 heteroatoms. The Bertz CT molecular complexity index is 581. The molecule has 2 N–H and O–H groups in total. The summed E-state index contributed by atoms with van der Waals surface area (Å²) in [4.78, 5) is 26.1. The number of likely N-dealkylation sites (tertiary alicyclic amines) is 1. The molecule has 1 aromatic carbocycles. The summed E-state index contributed by atoms with van der Waals surface area (Å²) in [6.45, 7) is 3.84. The number of carbonyl (C=O) groups excluding carboxylic acids is 2. The fraction of sp³-hybridized carbons (Fsp3) is 0.444. The third kappa shape index (κ3) is 4.42. The number of nitrogens with zero attached hydrogens (tertiary/aromatic N) is 1. The van der Waals surface area contributed by atoms with Crippen LogP contribution in [-0.2, 0) is 9.59 Å². The van der Waals surface area contributed by atoms with E-state index in [0.717, 1.165) is 12.0 Å². The molecule has 0 aliphatic carbocycles. The monoisotopic (exact) mass is 316 g/mol. The van der Waals surface area contributed by atoms with Gasteiger partial charge in [0, 0.05) is 12.6 Å². The van der Waals surface area contributed by atoms with Gasteiger partial charge in [0.15, 0.2) is 0 Å². The molecule has 2 atom stereocenters. The van der Waals surface area contributed by atoms with Gasteiger partial charge in [-0.25, -0.2) is 0 Å². The molecule has 124 valence electrons. The van der Waals surface area contributed by atoms with Crippen LogP contribution in [0.5, 0.6) is 0 Å². The van der Waals surface area contributed by atoms with Crippen molar-refractivity contribution < 1.29 is 14.7 Å². The second-order valence-electron chi connectivity index (χ2n) is 6.03. The second-order valence-corrected chi connectivity index (χ2v) is 6.03. The smallest absolute Gasteiger partial charge is 0.253 e. The van der Waals surface area contributed by atoms with E-state index in [-0.39, 0.29) is 12.1 Å². The molecular formula is C18H24N2O3. The second kappa shape index (κ2) is 7.42. The minimum atomic E-state index is -1.41. The topological polar surface area (TPSA) is 69.6 Å². The summed E-state index contributed by atoms with van der Waals surface area (Å²) in [6, 6.07) is 9.59. The zero-order chi connectivity index (χ0) is 16.9. The molecule has 1 fully saturated rings. The Morgan fingerprint density at radius 1 is 1.39 bits per heavy atom. The molecule has 23 heavy (non-hydrogen) atoms. The summed E-state index contributed by atoms with van der Waals surface area (Å²) in [5.41, 5.74) is -0.452. The number of rotatable bonds is 5. The normalized spacial score (nSPS) is 20.5. The van der Waals surface area contributed by atoms with Crippen molar-refractivity contribution in [3.05, 3.63) is 42.0 Å². The number of carbonyl (C=O) groups is 2. The SMILES string of the molecule is CC[C@](C)(O)C(=O)N[C@H]1CCCN1C(=O)C=Cc1ccccc1. The Labute approximate surface area is 137 Å². The predicted molar refractivity (Wildman–Crippen MR) is 89.3 cm³/mol. The highest BCUT2D eigenvalue weighted by Gasteiger charge is 2.34. The maximum atomic E-state index is 12.4. The molecule has 0 aromatic heterocycles. The van der Waals surface area contributed by atoms with Crippen LogP contribution in [0.2, 0.25) is 0 Å². The van der Waals surface area contributed by atoms with Gasteiger partial charge >= 0.3 is 0 Å². The zero-order valence-electron chi connectivity index (χ0n) is 13.7. The number of hydrogen-bond donors (Lipinski definition) is 2. The first kappa shape index (κ1) is 17.2. The van der Waals surface area contributed by atoms with Crippen LogP contribution in [0, 0.1) is 0 Å². The minimum absolute atomic E-state index is 0.132. The zero-order valence-corrected chi connectivity index (χ0v) is 13.7. The van der Waals surface area contributed by atoms with E-state index in [1.54, 1.807) is 17.9 Å². The van der Waals surface area contributed by atoms with E-state index in [0.29, 0.717) is 19.4 Å². The summed E-state index contributed by atoms with van der Waals surface area (Å²) in [5, 5.41) is 12.8. The number of hydrogen-bond acceptors (Lipinski definition) is 3. The molecule has 1 aromatic rings. The van der Waals surface area contributed by atoms with E-state index in [9.17, 15) is 14.7 Å². The van der Waals surface area contributed by atoms with Gasteiger partial charge in [-0.05, 0) is 37.8 Å². The molecule has 2 amide bonds. The van der Waals surface area contributed by atoms with Crippen molar-refractivity contribution in [2.75, 3.05) is 6.54 Å². The Morgan fingerprint density at radius 2 is 2.09 bits per heavy atom. The van der Waals surface area contributed by atoms with Crippen molar-refractivity contribution in [2.45, 2.75) is 44.9 Å². The van der Waals surface area contributed by atoms with Gasteiger partial charge in [0.1, 0.15) is 11.8 Å². The Hall–Kier alpha value is -2.14. The van der Waals surface area contributed by atoms with E-state index >= 15 is 0 Å². The average molecular weight is 316 g/mol. The fourth-order valence-corrected chi connectivity index (χ4v) is 2.48. The quantitative estimate of drug-likeness (QED) is 0.816. The number of amides is 2. The summed E-state index contributed by atoms with van der Waals surface area (Å²) >= 11 is 0. The van der Waals surface area contributed by atoms with Crippen LogP contribution in [0.25, 0.3) is 6.08 Å². The molecule has 0 unspecified atom stereocenters. The van der Waals surface area contributed by atoms with Crippen LogP contribution in [0.3, 0.4) is 0 Å². The first-order chi connectivity index (χ1) is 10.9. The van der Waals surface area contributed by atoms with Crippen molar-refractivity contribution in [1.29, 1.82) is 0 Å². The Kier molecular flexibility index (Phi) is 5.55. The Balaban J connectivity index is 1.99. The molecule has 0 spiro atoms. The molecule has 1 aliphatic rings. The summed E-state index contributed by atoms with van der Waals surface area (Å²) < 4.78 is 0. The minimum Gasteiger partial charge on any atom is -0.380 e. The third-order valence-corrected chi connectivity index (χ3v) is 4.23. The molecule has 1 saturated heterocycles. The van der Waals surface area contributed by atoms with E-state index in [1.807, 2.05) is 30.3 Å². The average Bonchev–Trinajstić information content (AvgIpc) is 3.01. The van der Waals surface area contributed by atoms with Crippen molar-refractivity contribution >= 4 is 17.9 Å². The maximum Gasteiger partial charge on any atom is 0.253 e. The van der Waals surface area contributed by atoms with Crippen molar-refractivity contribution in [3.8, 4) is 0 Å². The first-order valence-corrected chi connectivity index (χ1v) is 8.01. The van der Waals surface area contributed by atoms with Crippen molar-refractivity contribution in [2.24, 2.45) is 0 Å². The van der Waals surface area contributed by atoms with Gasteiger partial charge < -0.3 is 15.3 Å². The molecule has 0 radical (unpaired) electrons. The summed E-state index contributed by atoms with van der Waals surface area (Å²) in [6.07, 6.45) is 4.81. The predicted octanol–water partition coefficient (Wildman–Crippen LogP) is 1.93. The van der Waals surface area contributed by atoms with Gasteiger partial charge in [0.2, 0.25) is 5.91 Å². The lowest BCUT2D eigenvalue weighted by Crippen LogP contribution is -2.53. The van der Waals surface area contributed by atoms with Gasteiger partial charge in [-0.1, -0.05) is 37.3 Å². The van der Waals surface area contributed by atoms with Crippen LogP contribution in [0.4, 0.5) is 0 Å². The summed E-state index contributed by atoms with van der Waals surface area (Å²) in [7, 11) is 0. The molecule has 1 heterocycles. The standard InChI is InChI=1S/C18H24N2O3/c1-3-18(2,23)17(22)19-15-10-7-13-20(15)16(21)12-11-14-8-5-4-6-9-14/h4-6,8-9,11-12,15,23H,3,7,10,13H2,1-2H3,(H,19,22)/t15-,18+/m1/s1. The number of nitrogens with one attached hydrogen (secondary N) is 1. The Morgan fingerprint density at radius 3 is 2.74 bits per heavy atom. The highest BCUT2D eigenvalue weighted by Crippen LogP contribution is 2.18. The molecule has 5 nitrogen and oxygen atoms in total. The highest BCUT2D eigenvalue weighted by atomic mass is 16.3.